The SMILES string of the molecule is O=CC1=CC=C(Cl)N(Cl)C1. The Kier molecular flexibility index (Phi) is 2.35. The van der Waals surface area contributed by atoms with Gasteiger partial charge < -0.3 is 0 Å². The molecule has 0 saturated carbocycles. The molecular formula is C6H5Cl2NO. The van der Waals surface area contributed by atoms with Crippen LogP contribution in [0.5, 0.6) is 0 Å². The van der Waals surface area contributed by atoms with E-state index in [9.17, 15) is 4.79 Å². The van der Waals surface area contributed by atoms with Crippen molar-refractivity contribution in [1.82, 2.24) is 4.42 Å². The number of rotatable bonds is 1. The van der Waals surface area contributed by atoms with Crippen LogP contribution in [0, 0.1) is 0 Å². The largest absolute Gasteiger partial charge is 0.298 e. The van der Waals surface area contributed by atoms with Crippen LogP contribution in [0.1, 0.15) is 0 Å². The van der Waals surface area contributed by atoms with Crippen molar-refractivity contribution in [3.63, 3.8) is 0 Å². The number of hydrogen-bond donors (Lipinski definition) is 0. The first-order chi connectivity index (χ1) is 4.74. The first-order valence-electron chi connectivity index (χ1n) is 2.69. The average Bonchev–Trinajstić information content (AvgIpc) is 1.95. The van der Waals surface area contributed by atoms with Crippen LogP contribution in [0.3, 0.4) is 0 Å². The molecule has 0 aromatic carbocycles. The van der Waals surface area contributed by atoms with Crippen molar-refractivity contribution >= 4 is 29.7 Å². The molecule has 0 aliphatic carbocycles. The molecule has 2 nitrogen and oxygen atoms in total. The van der Waals surface area contributed by atoms with Gasteiger partial charge in [-0.2, -0.15) is 0 Å². The molecule has 0 atom stereocenters. The van der Waals surface area contributed by atoms with Crippen LogP contribution in [-0.4, -0.2) is 17.2 Å². The van der Waals surface area contributed by atoms with Gasteiger partial charge in [-0.25, -0.2) is 0 Å². The maximum atomic E-state index is 10.2. The summed E-state index contributed by atoms with van der Waals surface area (Å²) in [7, 11) is 0. The Labute approximate surface area is 68.8 Å². The topological polar surface area (TPSA) is 20.3 Å². The summed E-state index contributed by atoms with van der Waals surface area (Å²) in [4.78, 5) is 10.2. The normalized spacial score (nSPS) is 18.0. The molecule has 0 fully saturated rings. The smallest absolute Gasteiger partial charge is 0.147 e. The standard InChI is InChI=1S/C6H5Cl2NO/c7-6-2-1-5(4-10)3-9(6)8/h1-2,4H,3H2. The van der Waals surface area contributed by atoms with E-state index in [1.807, 2.05) is 0 Å². The van der Waals surface area contributed by atoms with Crippen molar-refractivity contribution in [2.24, 2.45) is 0 Å². The van der Waals surface area contributed by atoms with Gasteiger partial charge >= 0.3 is 0 Å². The molecule has 0 unspecified atom stereocenters. The summed E-state index contributed by atoms with van der Waals surface area (Å²) in [5, 5.41) is 0.437. The molecule has 1 aliphatic heterocycles. The van der Waals surface area contributed by atoms with E-state index in [0.29, 0.717) is 17.3 Å². The minimum Gasteiger partial charge on any atom is -0.298 e. The van der Waals surface area contributed by atoms with Crippen LogP contribution in [0.4, 0.5) is 0 Å². The lowest BCUT2D eigenvalue weighted by Gasteiger charge is -2.16. The van der Waals surface area contributed by atoms with E-state index < -0.39 is 0 Å². The summed E-state index contributed by atoms with van der Waals surface area (Å²) in [6.45, 7) is 0.375. The number of nitrogens with zero attached hydrogens (tertiary/aromatic N) is 1. The minimum absolute atomic E-state index is 0.375. The predicted molar refractivity (Wildman–Crippen MR) is 40.6 cm³/mol. The summed E-state index contributed by atoms with van der Waals surface area (Å²) in [5.41, 5.74) is 0.624. The molecule has 0 saturated heterocycles. The second kappa shape index (κ2) is 3.08. The molecule has 0 radical (unpaired) electrons. The third-order valence-corrected chi connectivity index (χ3v) is 1.86. The maximum Gasteiger partial charge on any atom is 0.147 e. The molecule has 1 aliphatic rings. The van der Waals surface area contributed by atoms with E-state index in [2.05, 4.69) is 0 Å². The summed E-state index contributed by atoms with van der Waals surface area (Å²) < 4.78 is 1.28. The van der Waals surface area contributed by atoms with E-state index >= 15 is 0 Å². The van der Waals surface area contributed by atoms with Gasteiger partial charge in [0.15, 0.2) is 0 Å². The minimum atomic E-state index is 0.375. The van der Waals surface area contributed by atoms with E-state index in [4.69, 9.17) is 23.4 Å². The second-order valence-electron chi connectivity index (χ2n) is 1.87. The van der Waals surface area contributed by atoms with E-state index in [0.717, 1.165) is 6.29 Å². The lowest BCUT2D eigenvalue weighted by atomic mass is 10.2. The van der Waals surface area contributed by atoms with Crippen LogP contribution in [0.25, 0.3) is 0 Å². The zero-order valence-corrected chi connectivity index (χ0v) is 6.56. The van der Waals surface area contributed by atoms with Gasteiger partial charge in [0, 0.05) is 17.3 Å². The monoisotopic (exact) mass is 177 g/mol. The Hall–Kier alpha value is -0.470. The predicted octanol–water partition coefficient (Wildman–Crippen LogP) is 1.66. The highest BCUT2D eigenvalue weighted by atomic mass is 35.5. The Balaban J connectivity index is 2.78. The maximum absolute atomic E-state index is 10.2. The zero-order valence-electron chi connectivity index (χ0n) is 5.05. The van der Waals surface area contributed by atoms with Crippen molar-refractivity contribution in [3.05, 3.63) is 22.9 Å². The van der Waals surface area contributed by atoms with Gasteiger partial charge in [-0.05, 0) is 6.08 Å². The molecule has 0 aromatic heterocycles. The molecule has 1 heterocycles. The highest BCUT2D eigenvalue weighted by Crippen LogP contribution is 2.18. The number of hydrogen-bond acceptors (Lipinski definition) is 2. The number of carbonyl (C=O) groups is 1. The first kappa shape index (κ1) is 7.63. The molecule has 0 spiro atoms. The van der Waals surface area contributed by atoms with Crippen molar-refractivity contribution < 1.29 is 4.79 Å². The van der Waals surface area contributed by atoms with Gasteiger partial charge in [0.25, 0.3) is 0 Å². The number of carbonyl (C=O) groups excluding carboxylic acids is 1. The Morgan fingerprint density at radius 1 is 1.60 bits per heavy atom. The quantitative estimate of drug-likeness (QED) is 0.345. The van der Waals surface area contributed by atoms with Crippen molar-refractivity contribution in [3.8, 4) is 0 Å². The first-order valence-corrected chi connectivity index (χ1v) is 3.40. The summed E-state index contributed by atoms with van der Waals surface area (Å²) in [6, 6.07) is 0. The molecule has 0 aromatic rings. The molecule has 0 bridgehead atoms. The van der Waals surface area contributed by atoms with Crippen molar-refractivity contribution in [1.29, 1.82) is 0 Å². The Morgan fingerprint density at radius 2 is 2.30 bits per heavy atom. The third kappa shape index (κ3) is 1.52. The lowest BCUT2D eigenvalue weighted by molar-refractivity contribution is -0.105. The van der Waals surface area contributed by atoms with Gasteiger partial charge in [-0.1, -0.05) is 17.7 Å². The van der Waals surface area contributed by atoms with E-state index in [1.54, 1.807) is 12.2 Å². The Morgan fingerprint density at radius 3 is 2.80 bits per heavy atom. The number of halogens is 2. The van der Waals surface area contributed by atoms with Crippen molar-refractivity contribution in [2.45, 2.75) is 0 Å². The van der Waals surface area contributed by atoms with Crippen LogP contribution in [0.15, 0.2) is 22.9 Å². The van der Waals surface area contributed by atoms with Gasteiger partial charge in [-0.3, -0.25) is 9.21 Å². The molecule has 0 N–H and O–H groups in total. The number of aldehydes is 1. The fourth-order valence-corrected chi connectivity index (χ4v) is 0.939. The van der Waals surface area contributed by atoms with E-state index in [1.165, 1.54) is 4.42 Å². The van der Waals surface area contributed by atoms with Crippen LogP contribution >= 0.6 is 23.4 Å². The van der Waals surface area contributed by atoms with Crippen LogP contribution < -0.4 is 0 Å². The lowest BCUT2D eigenvalue weighted by Crippen LogP contribution is -2.15. The van der Waals surface area contributed by atoms with E-state index in [-0.39, 0.29) is 0 Å². The van der Waals surface area contributed by atoms with Gasteiger partial charge in [0.1, 0.15) is 11.4 Å². The van der Waals surface area contributed by atoms with Crippen LogP contribution in [-0.2, 0) is 4.79 Å². The summed E-state index contributed by atoms with van der Waals surface area (Å²) >= 11 is 11.2. The molecule has 0 amide bonds. The average molecular weight is 178 g/mol. The van der Waals surface area contributed by atoms with Crippen molar-refractivity contribution in [2.75, 3.05) is 6.54 Å². The molecule has 4 heteroatoms. The summed E-state index contributed by atoms with van der Waals surface area (Å²) in [6.07, 6.45) is 3.99. The second-order valence-corrected chi connectivity index (χ2v) is 2.66. The zero-order chi connectivity index (χ0) is 7.56. The molecular weight excluding hydrogens is 173 g/mol. The molecule has 10 heavy (non-hydrogen) atoms. The van der Waals surface area contributed by atoms with Gasteiger partial charge in [0.2, 0.25) is 0 Å². The third-order valence-electron chi connectivity index (χ3n) is 1.14. The molecule has 54 valence electrons. The summed E-state index contributed by atoms with van der Waals surface area (Å²) in [5.74, 6) is 0. The van der Waals surface area contributed by atoms with Crippen LogP contribution in [0.2, 0.25) is 0 Å². The van der Waals surface area contributed by atoms with Gasteiger partial charge in [0.05, 0.1) is 6.54 Å². The highest BCUT2D eigenvalue weighted by Gasteiger charge is 2.09. The van der Waals surface area contributed by atoms with Gasteiger partial charge in [-0.15, -0.1) is 0 Å². The fourth-order valence-electron chi connectivity index (χ4n) is 0.622. The highest BCUT2D eigenvalue weighted by molar-refractivity contribution is 6.33. The Bertz CT molecular complexity index is 210. The number of allylic oxidation sites excluding steroid dienone is 2. The molecule has 1 rings (SSSR count). The fraction of sp³-hybridized carbons (Fsp3) is 0.167.